The maximum absolute atomic E-state index is 12.5. The van der Waals surface area contributed by atoms with Crippen LogP contribution in [-0.2, 0) is 0 Å². The predicted octanol–water partition coefficient (Wildman–Crippen LogP) is 5.19. The lowest BCUT2D eigenvalue weighted by Crippen LogP contribution is -2.32. The minimum atomic E-state index is -0.129. The molecule has 4 nitrogen and oxygen atoms in total. The van der Waals surface area contributed by atoms with Crippen molar-refractivity contribution >= 4 is 17.5 Å². The Kier molecular flexibility index (Phi) is 5.19. The molecule has 128 valence electrons. The van der Waals surface area contributed by atoms with E-state index in [2.05, 4.69) is 10.3 Å². The Balaban J connectivity index is 1.93. The number of halogens is 1. The molecule has 1 heterocycles. The van der Waals surface area contributed by atoms with E-state index in [0.717, 1.165) is 12.0 Å². The lowest BCUT2D eigenvalue weighted by atomic mass is 10.1. The summed E-state index contributed by atoms with van der Waals surface area (Å²) < 4.78 is 5.88. The number of carbonyl (C=O) groups excluding carboxylic acids is 1. The van der Waals surface area contributed by atoms with Crippen LogP contribution in [0.15, 0.2) is 59.1 Å². The molecule has 3 rings (SSSR count). The van der Waals surface area contributed by atoms with Crippen LogP contribution >= 0.6 is 11.6 Å². The summed E-state index contributed by atoms with van der Waals surface area (Å²) in [5.41, 5.74) is 2.10. The molecule has 1 aromatic heterocycles. The molecule has 0 aliphatic carbocycles. The number of benzene rings is 2. The lowest BCUT2D eigenvalue weighted by molar-refractivity contribution is 0.0939. The van der Waals surface area contributed by atoms with Gasteiger partial charge in [-0.3, -0.25) is 4.79 Å². The molecule has 0 radical (unpaired) electrons. The van der Waals surface area contributed by atoms with Gasteiger partial charge in [0.05, 0.1) is 11.8 Å². The fourth-order valence-corrected chi connectivity index (χ4v) is 2.54. The molecule has 25 heavy (non-hydrogen) atoms. The van der Waals surface area contributed by atoms with Crippen molar-refractivity contribution in [3.8, 4) is 22.8 Å². The van der Waals surface area contributed by atoms with Gasteiger partial charge in [0.2, 0.25) is 5.89 Å². The van der Waals surface area contributed by atoms with Crippen LogP contribution in [0.25, 0.3) is 22.8 Å². The molecule has 1 N–H and O–H groups in total. The molecular weight excluding hydrogens is 336 g/mol. The topological polar surface area (TPSA) is 55.1 Å². The van der Waals surface area contributed by atoms with Crippen LogP contribution < -0.4 is 5.32 Å². The van der Waals surface area contributed by atoms with E-state index in [1.807, 2.05) is 44.2 Å². The molecule has 0 saturated heterocycles. The van der Waals surface area contributed by atoms with Crippen molar-refractivity contribution in [1.82, 2.24) is 10.3 Å². The Morgan fingerprint density at radius 1 is 1.20 bits per heavy atom. The number of aromatic nitrogens is 1. The van der Waals surface area contributed by atoms with E-state index in [9.17, 15) is 4.79 Å². The van der Waals surface area contributed by atoms with Crippen molar-refractivity contribution in [2.24, 2.45) is 0 Å². The first-order chi connectivity index (χ1) is 12.1. The van der Waals surface area contributed by atoms with Gasteiger partial charge in [-0.25, -0.2) is 4.98 Å². The highest BCUT2D eigenvalue weighted by atomic mass is 35.5. The Hall–Kier alpha value is -2.59. The number of hydrogen-bond acceptors (Lipinski definition) is 3. The molecule has 2 aromatic carbocycles. The minimum Gasteiger partial charge on any atom is -0.436 e. The highest BCUT2D eigenvalue weighted by Gasteiger charge is 2.17. The van der Waals surface area contributed by atoms with Gasteiger partial charge in [0.25, 0.3) is 5.91 Å². The zero-order valence-corrected chi connectivity index (χ0v) is 14.9. The second-order valence-electron chi connectivity index (χ2n) is 5.86. The molecule has 0 unspecified atom stereocenters. The number of nitrogens with one attached hydrogen (secondary N) is 1. The SMILES string of the molecule is CC[C@H](C)NC(=O)c1ccccc1-c1ncc(-c2ccc(Cl)cc2)o1. The number of nitrogens with zero attached hydrogens (tertiary/aromatic N) is 1. The Morgan fingerprint density at radius 3 is 2.64 bits per heavy atom. The van der Waals surface area contributed by atoms with Crippen LogP contribution in [-0.4, -0.2) is 16.9 Å². The van der Waals surface area contributed by atoms with Crippen LogP contribution in [0, 0.1) is 0 Å². The van der Waals surface area contributed by atoms with Gasteiger partial charge >= 0.3 is 0 Å². The van der Waals surface area contributed by atoms with Crippen LogP contribution in [0.5, 0.6) is 0 Å². The van der Waals surface area contributed by atoms with Gasteiger partial charge in [0.15, 0.2) is 5.76 Å². The molecule has 1 amide bonds. The van der Waals surface area contributed by atoms with Crippen molar-refractivity contribution in [3.63, 3.8) is 0 Å². The van der Waals surface area contributed by atoms with Gasteiger partial charge in [0.1, 0.15) is 0 Å². The van der Waals surface area contributed by atoms with Crippen molar-refractivity contribution in [2.75, 3.05) is 0 Å². The third kappa shape index (κ3) is 3.91. The number of carbonyl (C=O) groups is 1. The quantitative estimate of drug-likeness (QED) is 0.686. The Bertz CT molecular complexity index is 871. The Labute approximate surface area is 151 Å². The van der Waals surface area contributed by atoms with Gasteiger partial charge in [-0.15, -0.1) is 0 Å². The first kappa shape index (κ1) is 17.2. The summed E-state index contributed by atoms with van der Waals surface area (Å²) in [6.45, 7) is 4.01. The first-order valence-corrected chi connectivity index (χ1v) is 8.58. The molecular formula is C20H19ClN2O2. The average Bonchev–Trinajstić information content (AvgIpc) is 3.12. The number of oxazole rings is 1. The summed E-state index contributed by atoms with van der Waals surface area (Å²) in [5, 5.41) is 3.64. The second-order valence-corrected chi connectivity index (χ2v) is 6.30. The zero-order chi connectivity index (χ0) is 17.8. The first-order valence-electron chi connectivity index (χ1n) is 8.20. The van der Waals surface area contributed by atoms with Crippen molar-refractivity contribution in [1.29, 1.82) is 0 Å². The maximum Gasteiger partial charge on any atom is 0.252 e. The molecule has 3 aromatic rings. The van der Waals surface area contributed by atoms with E-state index in [4.69, 9.17) is 16.0 Å². The Morgan fingerprint density at radius 2 is 1.92 bits per heavy atom. The molecule has 0 aliphatic rings. The van der Waals surface area contributed by atoms with Crippen LogP contribution in [0.2, 0.25) is 5.02 Å². The van der Waals surface area contributed by atoms with Gasteiger partial charge in [0, 0.05) is 22.2 Å². The van der Waals surface area contributed by atoms with Gasteiger partial charge in [-0.2, -0.15) is 0 Å². The molecule has 0 aliphatic heterocycles. The maximum atomic E-state index is 12.5. The number of amides is 1. The van der Waals surface area contributed by atoms with Gasteiger partial charge in [-0.05, 0) is 49.7 Å². The normalized spacial score (nSPS) is 12.0. The summed E-state index contributed by atoms with van der Waals surface area (Å²) >= 11 is 5.92. The second kappa shape index (κ2) is 7.53. The molecule has 0 fully saturated rings. The summed E-state index contributed by atoms with van der Waals surface area (Å²) in [6, 6.07) is 14.7. The molecule has 0 bridgehead atoms. The molecule has 5 heteroatoms. The van der Waals surface area contributed by atoms with E-state index in [-0.39, 0.29) is 11.9 Å². The van der Waals surface area contributed by atoms with Crippen molar-refractivity contribution in [2.45, 2.75) is 26.3 Å². The molecule has 0 saturated carbocycles. The summed E-state index contributed by atoms with van der Waals surface area (Å²) in [7, 11) is 0. The number of rotatable bonds is 5. The smallest absolute Gasteiger partial charge is 0.252 e. The summed E-state index contributed by atoms with van der Waals surface area (Å²) in [6.07, 6.45) is 2.52. The summed E-state index contributed by atoms with van der Waals surface area (Å²) in [4.78, 5) is 16.9. The average molecular weight is 355 g/mol. The molecule has 1 atom stereocenters. The van der Waals surface area contributed by atoms with E-state index >= 15 is 0 Å². The largest absolute Gasteiger partial charge is 0.436 e. The highest BCUT2D eigenvalue weighted by molar-refractivity contribution is 6.30. The standard InChI is InChI=1S/C20H19ClN2O2/c1-3-13(2)23-19(24)16-6-4-5-7-17(16)20-22-12-18(25-20)14-8-10-15(21)11-9-14/h4-13H,3H2,1-2H3,(H,23,24)/t13-/m0/s1. The fourth-order valence-electron chi connectivity index (χ4n) is 2.42. The zero-order valence-electron chi connectivity index (χ0n) is 14.1. The van der Waals surface area contributed by atoms with Crippen LogP contribution in [0.1, 0.15) is 30.6 Å². The third-order valence-corrected chi connectivity index (χ3v) is 4.28. The van der Waals surface area contributed by atoms with Crippen molar-refractivity contribution in [3.05, 3.63) is 65.3 Å². The third-order valence-electron chi connectivity index (χ3n) is 4.03. The summed E-state index contributed by atoms with van der Waals surface area (Å²) in [5.74, 6) is 0.917. The van der Waals surface area contributed by atoms with E-state index in [0.29, 0.717) is 27.8 Å². The van der Waals surface area contributed by atoms with E-state index in [1.54, 1.807) is 24.4 Å². The predicted molar refractivity (Wildman–Crippen MR) is 99.6 cm³/mol. The van der Waals surface area contributed by atoms with Crippen LogP contribution in [0.4, 0.5) is 0 Å². The van der Waals surface area contributed by atoms with Gasteiger partial charge < -0.3 is 9.73 Å². The number of hydrogen-bond donors (Lipinski definition) is 1. The van der Waals surface area contributed by atoms with Gasteiger partial charge in [-0.1, -0.05) is 30.7 Å². The van der Waals surface area contributed by atoms with E-state index < -0.39 is 0 Å². The van der Waals surface area contributed by atoms with Crippen molar-refractivity contribution < 1.29 is 9.21 Å². The molecule has 0 spiro atoms. The fraction of sp³-hybridized carbons (Fsp3) is 0.200. The highest BCUT2D eigenvalue weighted by Crippen LogP contribution is 2.29. The van der Waals surface area contributed by atoms with E-state index in [1.165, 1.54) is 0 Å². The van der Waals surface area contributed by atoms with Crippen LogP contribution in [0.3, 0.4) is 0 Å². The lowest BCUT2D eigenvalue weighted by Gasteiger charge is -2.12. The minimum absolute atomic E-state index is 0.106. The monoisotopic (exact) mass is 354 g/mol.